The highest BCUT2D eigenvalue weighted by Crippen LogP contribution is 2.34. The Morgan fingerprint density at radius 3 is 1.52 bits per heavy atom. The highest BCUT2D eigenvalue weighted by molar-refractivity contribution is 5.78. The lowest BCUT2D eigenvalue weighted by atomic mass is 9.78. The molecule has 25 heavy (non-hydrogen) atoms. The van der Waals surface area contributed by atoms with E-state index in [0.717, 1.165) is 5.56 Å². The molecule has 0 amide bonds. The van der Waals surface area contributed by atoms with Crippen LogP contribution in [0.4, 0.5) is 0 Å². The van der Waals surface area contributed by atoms with Crippen LogP contribution < -0.4 is 0 Å². The summed E-state index contributed by atoms with van der Waals surface area (Å²) in [6.07, 6.45) is 0. The van der Waals surface area contributed by atoms with Crippen molar-refractivity contribution in [2.24, 2.45) is 23.7 Å². The molecule has 1 rings (SSSR count). The predicted molar refractivity (Wildman–Crippen MR) is 99.1 cm³/mol. The molecule has 140 valence electrons. The van der Waals surface area contributed by atoms with Crippen molar-refractivity contribution in [2.75, 3.05) is 13.2 Å². The molecule has 1 aromatic rings. The second-order valence-corrected chi connectivity index (χ2v) is 7.56. The van der Waals surface area contributed by atoms with E-state index < -0.39 is 11.8 Å². The summed E-state index contributed by atoms with van der Waals surface area (Å²) < 4.78 is 10.8. The third-order valence-corrected chi connectivity index (χ3v) is 4.12. The molecule has 0 aliphatic heterocycles. The number of esters is 2. The molecular weight excluding hydrogens is 316 g/mol. The normalized spacial score (nSPS) is 14.9. The molecule has 2 atom stereocenters. The van der Waals surface area contributed by atoms with E-state index in [-0.39, 0.29) is 29.7 Å². The topological polar surface area (TPSA) is 52.6 Å². The minimum atomic E-state index is -0.428. The summed E-state index contributed by atoms with van der Waals surface area (Å²) in [4.78, 5) is 25.0. The second kappa shape index (κ2) is 10.2. The molecule has 0 saturated heterocycles. The van der Waals surface area contributed by atoms with Gasteiger partial charge in [0.2, 0.25) is 0 Å². The molecule has 4 nitrogen and oxygen atoms in total. The predicted octanol–water partition coefficient (Wildman–Crippen LogP) is 4.44. The summed E-state index contributed by atoms with van der Waals surface area (Å²) >= 11 is 0. The quantitative estimate of drug-likeness (QED) is 0.619. The maximum absolute atomic E-state index is 12.5. The maximum atomic E-state index is 12.5. The van der Waals surface area contributed by atoms with Crippen molar-refractivity contribution in [3.8, 4) is 0 Å². The van der Waals surface area contributed by atoms with E-state index in [1.165, 1.54) is 0 Å². The SMILES string of the molecule is CC(C)COC(=O)C(C)C(c1ccccc1)C(C)C(=O)OCC(C)C. The highest BCUT2D eigenvalue weighted by atomic mass is 16.5. The number of carbonyl (C=O) groups is 2. The van der Waals surface area contributed by atoms with E-state index in [1.807, 2.05) is 71.9 Å². The van der Waals surface area contributed by atoms with Gasteiger partial charge in [-0.3, -0.25) is 9.59 Å². The first kappa shape index (κ1) is 21.2. The first-order chi connectivity index (χ1) is 11.7. The van der Waals surface area contributed by atoms with Crippen LogP contribution in [0.25, 0.3) is 0 Å². The monoisotopic (exact) mass is 348 g/mol. The third-order valence-electron chi connectivity index (χ3n) is 4.12. The summed E-state index contributed by atoms with van der Waals surface area (Å²) in [5.41, 5.74) is 0.950. The lowest BCUT2D eigenvalue weighted by Gasteiger charge is -2.28. The summed E-state index contributed by atoms with van der Waals surface area (Å²) in [6.45, 7) is 12.4. The minimum Gasteiger partial charge on any atom is -0.465 e. The molecule has 0 bridgehead atoms. The number of rotatable bonds is 9. The van der Waals surface area contributed by atoms with Crippen molar-refractivity contribution in [3.63, 3.8) is 0 Å². The average molecular weight is 348 g/mol. The molecule has 0 heterocycles. The number of hydrogen-bond acceptors (Lipinski definition) is 4. The zero-order valence-corrected chi connectivity index (χ0v) is 16.3. The molecule has 0 radical (unpaired) electrons. The van der Waals surface area contributed by atoms with Gasteiger partial charge < -0.3 is 9.47 Å². The summed E-state index contributed by atoms with van der Waals surface area (Å²) in [6, 6.07) is 9.65. The molecule has 0 spiro atoms. The molecular formula is C21H32O4. The third kappa shape index (κ3) is 6.89. The molecule has 0 saturated carbocycles. The molecule has 1 aromatic carbocycles. The van der Waals surface area contributed by atoms with E-state index in [1.54, 1.807) is 0 Å². The van der Waals surface area contributed by atoms with Crippen molar-refractivity contribution in [3.05, 3.63) is 35.9 Å². The summed E-state index contributed by atoms with van der Waals surface area (Å²) in [5.74, 6) is -1.12. The smallest absolute Gasteiger partial charge is 0.309 e. The van der Waals surface area contributed by atoms with Gasteiger partial charge in [0.1, 0.15) is 0 Å². The Bertz CT molecular complexity index is 506. The Balaban J connectivity index is 2.96. The largest absolute Gasteiger partial charge is 0.465 e. The van der Waals surface area contributed by atoms with E-state index in [4.69, 9.17) is 9.47 Å². The molecule has 0 aliphatic carbocycles. The van der Waals surface area contributed by atoms with Crippen LogP contribution >= 0.6 is 0 Å². The van der Waals surface area contributed by atoms with Gasteiger partial charge in [0, 0.05) is 5.92 Å². The van der Waals surface area contributed by atoms with E-state index in [2.05, 4.69) is 0 Å². The number of benzene rings is 1. The van der Waals surface area contributed by atoms with Crippen LogP contribution in [0.5, 0.6) is 0 Å². The summed E-state index contributed by atoms with van der Waals surface area (Å²) in [5, 5.41) is 0. The average Bonchev–Trinajstić information content (AvgIpc) is 2.58. The molecule has 0 aromatic heterocycles. The zero-order chi connectivity index (χ0) is 19.0. The van der Waals surface area contributed by atoms with Crippen molar-refractivity contribution in [1.29, 1.82) is 0 Å². The lowest BCUT2D eigenvalue weighted by molar-refractivity contribution is -0.154. The molecule has 0 N–H and O–H groups in total. The molecule has 0 aliphatic rings. The lowest BCUT2D eigenvalue weighted by Crippen LogP contribution is -2.32. The van der Waals surface area contributed by atoms with Gasteiger partial charge in [-0.2, -0.15) is 0 Å². The van der Waals surface area contributed by atoms with Gasteiger partial charge in [-0.15, -0.1) is 0 Å². The van der Waals surface area contributed by atoms with Crippen molar-refractivity contribution in [1.82, 2.24) is 0 Å². The number of ether oxygens (including phenoxy) is 2. The van der Waals surface area contributed by atoms with Gasteiger partial charge in [-0.05, 0) is 17.4 Å². The first-order valence-electron chi connectivity index (χ1n) is 9.12. The fourth-order valence-electron chi connectivity index (χ4n) is 2.74. The molecule has 2 unspecified atom stereocenters. The molecule has 4 heteroatoms. The maximum Gasteiger partial charge on any atom is 0.309 e. The Morgan fingerprint density at radius 2 is 1.16 bits per heavy atom. The van der Waals surface area contributed by atoms with Crippen LogP contribution in [0.1, 0.15) is 53.0 Å². The van der Waals surface area contributed by atoms with Crippen molar-refractivity contribution < 1.29 is 19.1 Å². The summed E-state index contributed by atoms with van der Waals surface area (Å²) in [7, 11) is 0. The Hall–Kier alpha value is -1.84. The fraction of sp³-hybridized carbons (Fsp3) is 0.619. The van der Waals surface area contributed by atoms with Crippen LogP contribution in [0, 0.1) is 23.7 Å². The van der Waals surface area contributed by atoms with E-state index in [9.17, 15) is 9.59 Å². The number of hydrogen-bond donors (Lipinski definition) is 0. The second-order valence-electron chi connectivity index (χ2n) is 7.56. The Morgan fingerprint density at radius 1 is 0.760 bits per heavy atom. The van der Waals surface area contributed by atoms with Gasteiger partial charge in [0.05, 0.1) is 25.0 Å². The minimum absolute atomic E-state index is 0.272. The van der Waals surface area contributed by atoms with Gasteiger partial charge in [-0.1, -0.05) is 71.9 Å². The van der Waals surface area contributed by atoms with Crippen molar-refractivity contribution >= 4 is 11.9 Å². The van der Waals surface area contributed by atoms with Gasteiger partial charge in [-0.25, -0.2) is 0 Å². The Labute approximate surface area is 151 Å². The van der Waals surface area contributed by atoms with Crippen LogP contribution in [-0.2, 0) is 19.1 Å². The van der Waals surface area contributed by atoms with Crippen molar-refractivity contribution in [2.45, 2.75) is 47.5 Å². The van der Waals surface area contributed by atoms with Crippen LogP contribution in [0.15, 0.2) is 30.3 Å². The molecule has 0 fully saturated rings. The van der Waals surface area contributed by atoms with Gasteiger partial charge in [0.15, 0.2) is 0 Å². The first-order valence-corrected chi connectivity index (χ1v) is 9.12. The number of carbonyl (C=O) groups excluding carboxylic acids is 2. The fourth-order valence-corrected chi connectivity index (χ4v) is 2.74. The highest BCUT2D eigenvalue weighted by Gasteiger charge is 2.35. The van der Waals surface area contributed by atoms with E-state index in [0.29, 0.717) is 13.2 Å². The zero-order valence-electron chi connectivity index (χ0n) is 16.3. The Kier molecular flexibility index (Phi) is 8.67. The van der Waals surface area contributed by atoms with Gasteiger partial charge >= 0.3 is 11.9 Å². The standard InChI is InChI=1S/C21H32O4/c1-14(2)12-24-20(22)16(5)19(18-10-8-7-9-11-18)17(6)21(23)25-13-15(3)4/h7-11,14-17,19H,12-13H2,1-6H3. The van der Waals surface area contributed by atoms with Crippen LogP contribution in [0.3, 0.4) is 0 Å². The van der Waals surface area contributed by atoms with E-state index >= 15 is 0 Å². The van der Waals surface area contributed by atoms with Crippen LogP contribution in [-0.4, -0.2) is 25.2 Å². The van der Waals surface area contributed by atoms with Gasteiger partial charge in [0.25, 0.3) is 0 Å². The van der Waals surface area contributed by atoms with Crippen LogP contribution in [0.2, 0.25) is 0 Å².